The number of hydrogen-bond donors (Lipinski definition) is 0. The first-order chi connectivity index (χ1) is 12.6. The predicted molar refractivity (Wildman–Crippen MR) is 100 cm³/mol. The minimum Gasteiger partial charge on any atom is -0.382 e. The van der Waals surface area contributed by atoms with Crippen LogP contribution in [0.3, 0.4) is 0 Å². The molecule has 7 heteroatoms. The maximum atomic E-state index is 13.0. The van der Waals surface area contributed by atoms with E-state index in [-0.39, 0.29) is 11.9 Å². The fourth-order valence-corrected chi connectivity index (χ4v) is 3.53. The van der Waals surface area contributed by atoms with Gasteiger partial charge in [-0.1, -0.05) is 40.5 Å². The maximum Gasteiger partial charge on any atom is 0.267 e. The molecule has 0 bridgehead atoms. The molecule has 1 aliphatic carbocycles. The van der Waals surface area contributed by atoms with E-state index in [0.717, 1.165) is 24.1 Å². The molecular formula is C19H17Cl2N3O2. The maximum absolute atomic E-state index is 13.0. The van der Waals surface area contributed by atoms with E-state index < -0.39 is 6.10 Å². The van der Waals surface area contributed by atoms with Gasteiger partial charge in [-0.3, -0.25) is 9.78 Å². The topological polar surface area (TPSA) is 54.8 Å². The number of carbonyl (C=O) groups is 1. The Bertz CT molecular complexity index is 853. The molecule has 2 aliphatic rings. The molecule has 1 aliphatic heterocycles. The highest BCUT2D eigenvalue weighted by molar-refractivity contribution is 6.37. The number of hydrogen-bond acceptors (Lipinski definition) is 4. The van der Waals surface area contributed by atoms with Gasteiger partial charge in [-0.2, -0.15) is 0 Å². The SMILES string of the molecule is O=C([C@@H]1CC(c2ccc(Cl)cc2Cl)=NO1)N(Cc1ccccn1)C1CC1. The smallest absolute Gasteiger partial charge is 0.267 e. The van der Waals surface area contributed by atoms with Crippen LogP contribution < -0.4 is 0 Å². The molecule has 4 rings (SSSR count). The molecule has 1 fully saturated rings. The average Bonchev–Trinajstić information content (AvgIpc) is 3.37. The zero-order chi connectivity index (χ0) is 18.1. The van der Waals surface area contributed by atoms with Crippen molar-refractivity contribution in [1.82, 2.24) is 9.88 Å². The molecule has 2 aromatic rings. The second-order valence-electron chi connectivity index (χ2n) is 6.48. The molecule has 0 unspecified atom stereocenters. The number of amides is 1. The highest BCUT2D eigenvalue weighted by Crippen LogP contribution is 2.31. The molecular weight excluding hydrogens is 373 g/mol. The van der Waals surface area contributed by atoms with Gasteiger partial charge in [0.05, 0.1) is 23.0 Å². The number of halogens is 2. The summed E-state index contributed by atoms with van der Waals surface area (Å²) >= 11 is 12.2. The van der Waals surface area contributed by atoms with E-state index in [0.29, 0.717) is 28.7 Å². The number of aromatic nitrogens is 1. The van der Waals surface area contributed by atoms with Gasteiger partial charge in [-0.25, -0.2) is 0 Å². The molecule has 26 heavy (non-hydrogen) atoms. The molecule has 0 radical (unpaired) electrons. The molecule has 0 saturated heterocycles. The highest BCUT2D eigenvalue weighted by Gasteiger charge is 2.39. The molecule has 5 nitrogen and oxygen atoms in total. The normalized spacial score (nSPS) is 19.0. The summed E-state index contributed by atoms with van der Waals surface area (Å²) in [5.74, 6) is -0.0537. The van der Waals surface area contributed by atoms with Crippen molar-refractivity contribution in [3.63, 3.8) is 0 Å². The summed E-state index contributed by atoms with van der Waals surface area (Å²) in [7, 11) is 0. The Morgan fingerprint density at radius 3 is 2.77 bits per heavy atom. The quantitative estimate of drug-likeness (QED) is 0.773. The first kappa shape index (κ1) is 17.3. The molecule has 1 aromatic carbocycles. The summed E-state index contributed by atoms with van der Waals surface area (Å²) in [4.78, 5) is 24.6. The van der Waals surface area contributed by atoms with E-state index in [1.54, 1.807) is 24.4 Å². The summed E-state index contributed by atoms with van der Waals surface area (Å²) in [6, 6.07) is 11.2. The van der Waals surface area contributed by atoms with Crippen LogP contribution in [0.5, 0.6) is 0 Å². The first-order valence-electron chi connectivity index (χ1n) is 8.50. The van der Waals surface area contributed by atoms with Gasteiger partial charge in [0.2, 0.25) is 6.10 Å². The van der Waals surface area contributed by atoms with Gasteiger partial charge in [-0.05, 0) is 37.1 Å². The van der Waals surface area contributed by atoms with Crippen molar-refractivity contribution in [1.29, 1.82) is 0 Å². The molecule has 0 spiro atoms. The molecule has 1 aromatic heterocycles. The first-order valence-corrected chi connectivity index (χ1v) is 9.26. The minimum atomic E-state index is -0.624. The lowest BCUT2D eigenvalue weighted by molar-refractivity contribution is -0.143. The summed E-state index contributed by atoms with van der Waals surface area (Å²) in [5.41, 5.74) is 2.28. The third-order valence-electron chi connectivity index (χ3n) is 4.52. The number of rotatable bonds is 5. The number of carbonyl (C=O) groups excluding carboxylic acids is 1. The Kier molecular flexibility index (Phi) is 4.83. The number of pyridine rings is 1. The second kappa shape index (κ2) is 7.25. The third-order valence-corrected chi connectivity index (χ3v) is 5.06. The largest absolute Gasteiger partial charge is 0.382 e. The van der Waals surface area contributed by atoms with Gasteiger partial charge >= 0.3 is 0 Å². The van der Waals surface area contributed by atoms with Crippen LogP contribution >= 0.6 is 23.2 Å². The van der Waals surface area contributed by atoms with Gasteiger partial charge in [0.25, 0.3) is 5.91 Å². The Labute approximate surface area is 161 Å². The predicted octanol–water partition coefficient (Wildman–Crippen LogP) is 4.07. The van der Waals surface area contributed by atoms with E-state index in [1.165, 1.54) is 0 Å². The van der Waals surface area contributed by atoms with Gasteiger partial charge in [0.1, 0.15) is 0 Å². The van der Waals surface area contributed by atoms with Crippen molar-refractivity contribution in [2.45, 2.75) is 38.0 Å². The van der Waals surface area contributed by atoms with Gasteiger partial charge in [-0.15, -0.1) is 0 Å². The number of nitrogens with zero attached hydrogens (tertiary/aromatic N) is 3. The van der Waals surface area contributed by atoms with E-state index >= 15 is 0 Å². The minimum absolute atomic E-state index is 0.0537. The van der Waals surface area contributed by atoms with Crippen molar-refractivity contribution in [2.24, 2.45) is 5.16 Å². The second-order valence-corrected chi connectivity index (χ2v) is 7.32. The molecule has 2 heterocycles. The third kappa shape index (κ3) is 3.69. The summed E-state index contributed by atoms with van der Waals surface area (Å²) in [6.07, 6.45) is 3.54. The molecule has 1 saturated carbocycles. The number of benzene rings is 1. The van der Waals surface area contributed by atoms with Crippen LogP contribution in [0.2, 0.25) is 10.0 Å². The van der Waals surface area contributed by atoms with Crippen molar-refractivity contribution in [2.75, 3.05) is 0 Å². The van der Waals surface area contributed by atoms with Gasteiger partial charge < -0.3 is 9.74 Å². The lowest BCUT2D eigenvalue weighted by atomic mass is 10.0. The van der Waals surface area contributed by atoms with Crippen LogP contribution in [0.25, 0.3) is 0 Å². The Morgan fingerprint density at radius 2 is 2.08 bits per heavy atom. The van der Waals surface area contributed by atoms with Crippen molar-refractivity contribution >= 4 is 34.8 Å². The van der Waals surface area contributed by atoms with E-state index in [4.69, 9.17) is 28.0 Å². The zero-order valence-corrected chi connectivity index (χ0v) is 15.5. The van der Waals surface area contributed by atoms with Crippen molar-refractivity contribution in [3.05, 3.63) is 63.9 Å². The van der Waals surface area contributed by atoms with Crippen LogP contribution in [-0.2, 0) is 16.2 Å². The lowest BCUT2D eigenvalue weighted by Crippen LogP contribution is -2.40. The average molecular weight is 390 g/mol. The van der Waals surface area contributed by atoms with E-state index in [2.05, 4.69) is 10.1 Å². The standard InChI is InChI=1S/C19H17Cl2N3O2/c20-12-4-7-15(16(21)9-12)17-10-18(26-23-17)19(25)24(14-5-6-14)11-13-3-1-2-8-22-13/h1-4,7-9,14,18H,5-6,10-11H2/t18-/m0/s1. The molecule has 1 amide bonds. The molecule has 1 atom stereocenters. The van der Waals surface area contributed by atoms with E-state index in [1.807, 2.05) is 23.1 Å². The van der Waals surface area contributed by atoms with Crippen LogP contribution in [0.1, 0.15) is 30.5 Å². The fourth-order valence-electron chi connectivity index (χ4n) is 3.02. The van der Waals surface area contributed by atoms with Crippen LogP contribution in [0.4, 0.5) is 0 Å². The van der Waals surface area contributed by atoms with Crippen molar-refractivity contribution in [3.8, 4) is 0 Å². The van der Waals surface area contributed by atoms with Crippen LogP contribution in [-0.4, -0.2) is 33.6 Å². The summed E-state index contributed by atoms with van der Waals surface area (Å²) in [6.45, 7) is 0.487. The van der Waals surface area contributed by atoms with Crippen LogP contribution in [0.15, 0.2) is 47.8 Å². The highest BCUT2D eigenvalue weighted by atomic mass is 35.5. The van der Waals surface area contributed by atoms with Crippen molar-refractivity contribution < 1.29 is 9.63 Å². The zero-order valence-electron chi connectivity index (χ0n) is 13.9. The summed E-state index contributed by atoms with van der Waals surface area (Å²) in [5, 5.41) is 5.15. The van der Waals surface area contributed by atoms with E-state index in [9.17, 15) is 4.79 Å². The van der Waals surface area contributed by atoms with Gasteiger partial charge in [0.15, 0.2) is 0 Å². The number of oxime groups is 1. The van der Waals surface area contributed by atoms with Gasteiger partial charge in [0, 0.05) is 29.2 Å². The Balaban J connectivity index is 1.46. The summed E-state index contributed by atoms with van der Waals surface area (Å²) < 4.78 is 0. The lowest BCUT2D eigenvalue weighted by Gasteiger charge is -2.24. The fraction of sp³-hybridized carbons (Fsp3) is 0.316. The Hall–Kier alpha value is -2.11. The molecule has 0 N–H and O–H groups in total. The molecule has 134 valence electrons. The Morgan fingerprint density at radius 1 is 1.23 bits per heavy atom. The monoisotopic (exact) mass is 389 g/mol. The van der Waals surface area contributed by atoms with Crippen LogP contribution in [0, 0.1) is 0 Å².